The predicted molar refractivity (Wildman–Crippen MR) is 62.6 cm³/mol. The molecule has 1 unspecified atom stereocenters. The second-order valence-corrected chi connectivity index (χ2v) is 4.25. The maximum atomic E-state index is 12.3. The molecule has 1 aromatic rings. The third kappa shape index (κ3) is 2.32. The molecule has 0 spiro atoms. The molecule has 94 valence electrons. The van der Waals surface area contributed by atoms with Gasteiger partial charge in [0.25, 0.3) is 5.91 Å². The Morgan fingerprint density at radius 1 is 1.71 bits per heavy atom. The van der Waals surface area contributed by atoms with Gasteiger partial charge in [-0.1, -0.05) is 0 Å². The monoisotopic (exact) mass is 238 g/mol. The average Bonchev–Trinajstić information content (AvgIpc) is 2.69. The van der Waals surface area contributed by atoms with Crippen LogP contribution >= 0.6 is 0 Å². The Bertz CT molecular complexity index is 416. The Kier molecular flexibility index (Phi) is 3.44. The molecular formula is C11H18N4O2. The molecule has 1 aromatic heterocycles. The first-order valence-electron chi connectivity index (χ1n) is 5.73. The maximum absolute atomic E-state index is 12.3. The molecule has 0 saturated carbocycles. The van der Waals surface area contributed by atoms with Crippen LogP contribution < -0.4 is 5.73 Å². The van der Waals surface area contributed by atoms with Gasteiger partial charge in [0.15, 0.2) is 0 Å². The first-order valence-corrected chi connectivity index (χ1v) is 5.73. The molecule has 1 saturated heterocycles. The number of hydrogen-bond donors (Lipinski definition) is 1. The summed E-state index contributed by atoms with van der Waals surface area (Å²) in [5, 5.41) is 4.08. The van der Waals surface area contributed by atoms with Crippen LogP contribution in [0.2, 0.25) is 0 Å². The lowest BCUT2D eigenvalue weighted by atomic mass is 10.2. The summed E-state index contributed by atoms with van der Waals surface area (Å²) in [5.74, 6) is 0.0114. The largest absolute Gasteiger partial charge is 0.373 e. The van der Waals surface area contributed by atoms with Gasteiger partial charge in [-0.15, -0.1) is 0 Å². The van der Waals surface area contributed by atoms with Crippen molar-refractivity contribution in [3.8, 4) is 0 Å². The number of carbonyl (C=O) groups is 1. The second-order valence-electron chi connectivity index (χ2n) is 4.25. The number of carbonyl (C=O) groups excluding carboxylic acids is 1. The molecule has 0 radical (unpaired) electrons. The minimum atomic E-state index is -0.0512. The summed E-state index contributed by atoms with van der Waals surface area (Å²) in [6.07, 6.45) is 1.56. The number of amides is 1. The number of aryl methyl sites for hydroxylation is 1. The van der Waals surface area contributed by atoms with Crippen LogP contribution in [0.3, 0.4) is 0 Å². The van der Waals surface area contributed by atoms with Gasteiger partial charge < -0.3 is 15.4 Å². The highest BCUT2D eigenvalue weighted by molar-refractivity contribution is 5.95. The molecule has 1 atom stereocenters. The van der Waals surface area contributed by atoms with Crippen molar-refractivity contribution in [1.82, 2.24) is 14.7 Å². The van der Waals surface area contributed by atoms with Crippen LogP contribution in [-0.4, -0.2) is 52.9 Å². The minimum absolute atomic E-state index is 0.0114. The van der Waals surface area contributed by atoms with Gasteiger partial charge in [-0.25, -0.2) is 0 Å². The van der Waals surface area contributed by atoms with Crippen LogP contribution in [0.5, 0.6) is 0 Å². The van der Waals surface area contributed by atoms with Crippen LogP contribution in [0.1, 0.15) is 16.1 Å². The van der Waals surface area contributed by atoms with Crippen molar-refractivity contribution in [2.24, 2.45) is 12.8 Å². The van der Waals surface area contributed by atoms with Gasteiger partial charge in [-0.2, -0.15) is 5.10 Å². The lowest BCUT2D eigenvalue weighted by molar-refractivity contribution is -0.0167. The summed E-state index contributed by atoms with van der Waals surface area (Å²) in [4.78, 5) is 14.1. The number of aromatic nitrogens is 2. The van der Waals surface area contributed by atoms with Crippen LogP contribution in [-0.2, 0) is 11.8 Å². The number of morpholine rings is 1. The van der Waals surface area contributed by atoms with E-state index in [2.05, 4.69) is 5.10 Å². The third-order valence-electron chi connectivity index (χ3n) is 3.15. The zero-order valence-electron chi connectivity index (χ0n) is 10.2. The van der Waals surface area contributed by atoms with E-state index < -0.39 is 0 Å². The van der Waals surface area contributed by atoms with Crippen molar-refractivity contribution in [3.63, 3.8) is 0 Å². The summed E-state index contributed by atoms with van der Waals surface area (Å²) < 4.78 is 7.14. The van der Waals surface area contributed by atoms with Gasteiger partial charge in [0.2, 0.25) is 0 Å². The highest BCUT2D eigenvalue weighted by Crippen LogP contribution is 2.12. The Hall–Kier alpha value is -1.40. The molecular weight excluding hydrogens is 220 g/mol. The highest BCUT2D eigenvalue weighted by Gasteiger charge is 2.26. The van der Waals surface area contributed by atoms with E-state index in [0.29, 0.717) is 31.8 Å². The standard InChI is InChI=1S/C11H18N4O2/c1-8-10(6-13-14(8)2)11(16)15-3-4-17-9(5-12)7-15/h6,9H,3-5,7,12H2,1-2H3. The average molecular weight is 238 g/mol. The molecule has 17 heavy (non-hydrogen) atoms. The summed E-state index contributed by atoms with van der Waals surface area (Å²) in [7, 11) is 1.83. The first-order chi connectivity index (χ1) is 8.13. The lowest BCUT2D eigenvalue weighted by Gasteiger charge is -2.32. The van der Waals surface area contributed by atoms with Crippen LogP contribution in [0.25, 0.3) is 0 Å². The van der Waals surface area contributed by atoms with Gasteiger partial charge in [0, 0.05) is 32.4 Å². The number of rotatable bonds is 2. The van der Waals surface area contributed by atoms with E-state index >= 15 is 0 Å². The first kappa shape index (κ1) is 12.1. The van der Waals surface area contributed by atoms with Crippen molar-refractivity contribution in [2.75, 3.05) is 26.2 Å². The second kappa shape index (κ2) is 4.85. The zero-order chi connectivity index (χ0) is 12.4. The fourth-order valence-corrected chi connectivity index (χ4v) is 1.93. The summed E-state index contributed by atoms with van der Waals surface area (Å²) in [5.41, 5.74) is 7.10. The topological polar surface area (TPSA) is 73.4 Å². The summed E-state index contributed by atoms with van der Waals surface area (Å²) in [6.45, 7) is 4.05. The van der Waals surface area contributed by atoms with Crippen LogP contribution in [0.15, 0.2) is 6.20 Å². The number of nitrogens with two attached hydrogens (primary N) is 1. The van der Waals surface area contributed by atoms with Gasteiger partial charge in [-0.05, 0) is 6.92 Å². The molecule has 0 aromatic carbocycles. The number of hydrogen-bond acceptors (Lipinski definition) is 4. The molecule has 6 heteroatoms. The molecule has 1 aliphatic heterocycles. The molecule has 1 fully saturated rings. The molecule has 0 bridgehead atoms. The van der Waals surface area contributed by atoms with E-state index in [1.54, 1.807) is 15.8 Å². The van der Waals surface area contributed by atoms with Gasteiger partial charge in [0.05, 0.1) is 24.5 Å². The SMILES string of the molecule is Cc1c(C(=O)N2CCOC(CN)C2)cnn1C. The molecule has 2 N–H and O–H groups in total. The Labute approximate surface area is 100 Å². The Morgan fingerprint density at radius 2 is 2.47 bits per heavy atom. The Morgan fingerprint density at radius 3 is 3.06 bits per heavy atom. The van der Waals surface area contributed by atoms with E-state index in [1.807, 2.05) is 14.0 Å². The fourth-order valence-electron chi connectivity index (χ4n) is 1.93. The smallest absolute Gasteiger partial charge is 0.257 e. The van der Waals surface area contributed by atoms with Crippen molar-refractivity contribution < 1.29 is 9.53 Å². The van der Waals surface area contributed by atoms with E-state index in [9.17, 15) is 4.79 Å². The van der Waals surface area contributed by atoms with Gasteiger partial charge in [-0.3, -0.25) is 9.48 Å². The molecule has 1 amide bonds. The van der Waals surface area contributed by atoms with Crippen LogP contribution in [0, 0.1) is 6.92 Å². The lowest BCUT2D eigenvalue weighted by Crippen LogP contribution is -2.48. The Balaban J connectivity index is 2.12. The van der Waals surface area contributed by atoms with Crippen molar-refractivity contribution in [1.29, 1.82) is 0 Å². The van der Waals surface area contributed by atoms with Gasteiger partial charge >= 0.3 is 0 Å². The normalized spacial score (nSPS) is 20.6. The molecule has 2 heterocycles. The van der Waals surface area contributed by atoms with Crippen molar-refractivity contribution >= 4 is 5.91 Å². The third-order valence-corrected chi connectivity index (χ3v) is 3.15. The number of nitrogens with zero attached hydrogens (tertiary/aromatic N) is 3. The molecule has 2 rings (SSSR count). The van der Waals surface area contributed by atoms with E-state index in [-0.39, 0.29) is 12.0 Å². The molecule has 6 nitrogen and oxygen atoms in total. The van der Waals surface area contributed by atoms with E-state index in [1.165, 1.54) is 0 Å². The van der Waals surface area contributed by atoms with Crippen molar-refractivity contribution in [2.45, 2.75) is 13.0 Å². The van der Waals surface area contributed by atoms with Crippen LogP contribution in [0.4, 0.5) is 0 Å². The van der Waals surface area contributed by atoms with E-state index in [4.69, 9.17) is 10.5 Å². The zero-order valence-corrected chi connectivity index (χ0v) is 10.2. The van der Waals surface area contributed by atoms with Gasteiger partial charge in [0.1, 0.15) is 0 Å². The number of ether oxygens (including phenoxy) is 1. The highest BCUT2D eigenvalue weighted by atomic mass is 16.5. The quantitative estimate of drug-likeness (QED) is 0.756. The van der Waals surface area contributed by atoms with E-state index in [0.717, 1.165) is 5.69 Å². The molecule has 1 aliphatic rings. The minimum Gasteiger partial charge on any atom is -0.373 e. The molecule has 0 aliphatic carbocycles. The maximum Gasteiger partial charge on any atom is 0.257 e. The fraction of sp³-hybridized carbons (Fsp3) is 0.636. The van der Waals surface area contributed by atoms with Crippen molar-refractivity contribution in [3.05, 3.63) is 17.5 Å². The summed E-state index contributed by atoms with van der Waals surface area (Å²) in [6, 6.07) is 0. The summed E-state index contributed by atoms with van der Waals surface area (Å²) >= 11 is 0. The predicted octanol–water partition coefficient (Wildman–Crippen LogP) is -0.472.